The van der Waals surface area contributed by atoms with Crippen molar-refractivity contribution in [2.45, 2.75) is 32.1 Å². The number of hydrogen-bond acceptors (Lipinski definition) is 3. The van der Waals surface area contributed by atoms with E-state index < -0.39 is 0 Å². The van der Waals surface area contributed by atoms with E-state index in [0.29, 0.717) is 0 Å². The second kappa shape index (κ2) is 5.88. The van der Waals surface area contributed by atoms with Crippen molar-refractivity contribution < 1.29 is 4.79 Å². The molecule has 0 fully saturated rings. The molecule has 0 unspecified atom stereocenters. The van der Waals surface area contributed by atoms with Gasteiger partial charge in [0.1, 0.15) is 0 Å². The van der Waals surface area contributed by atoms with Crippen LogP contribution >= 0.6 is 11.8 Å². The fraction of sp³-hybridized carbons (Fsp3) is 0.429. The summed E-state index contributed by atoms with van der Waals surface area (Å²) in [5.74, 6) is 1.01. The van der Waals surface area contributed by atoms with Crippen LogP contribution < -0.4 is 0 Å². The van der Waals surface area contributed by atoms with Gasteiger partial charge in [0.15, 0.2) is 5.78 Å². The van der Waals surface area contributed by atoms with Gasteiger partial charge in [0.25, 0.3) is 0 Å². The number of ketones is 1. The highest BCUT2D eigenvalue weighted by molar-refractivity contribution is 7.99. The third kappa shape index (κ3) is 4.62. The molecule has 0 bridgehead atoms. The first-order chi connectivity index (χ1) is 7.94. The Bertz CT molecular complexity index is 429. The molecular weight excluding hydrogens is 230 g/mol. The molecule has 0 aromatic heterocycles. The molecule has 90 valence electrons. The topological polar surface area (TPSA) is 40.9 Å². The van der Waals surface area contributed by atoms with Gasteiger partial charge in [-0.15, -0.1) is 11.8 Å². The summed E-state index contributed by atoms with van der Waals surface area (Å²) in [6.07, 6.45) is 0.864. The number of nitriles is 1. The van der Waals surface area contributed by atoms with Gasteiger partial charge in [-0.1, -0.05) is 12.1 Å². The summed E-state index contributed by atoms with van der Waals surface area (Å²) >= 11 is 1.72. The van der Waals surface area contributed by atoms with Gasteiger partial charge in [-0.3, -0.25) is 4.79 Å². The maximum Gasteiger partial charge on any atom is 0.159 e. The van der Waals surface area contributed by atoms with Crippen molar-refractivity contribution in [2.24, 2.45) is 5.41 Å². The van der Waals surface area contributed by atoms with Crippen LogP contribution in [-0.4, -0.2) is 11.5 Å². The average Bonchev–Trinajstić information content (AvgIpc) is 2.29. The van der Waals surface area contributed by atoms with Crippen LogP contribution in [0.2, 0.25) is 0 Å². The normalized spacial score (nSPS) is 10.9. The highest BCUT2D eigenvalue weighted by atomic mass is 32.2. The van der Waals surface area contributed by atoms with Gasteiger partial charge in [0.2, 0.25) is 0 Å². The Morgan fingerprint density at radius 3 is 2.41 bits per heavy atom. The zero-order valence-electron chi connectivity index (χ0n) is 10.5. The molecule has 0 heterocycles. The molecule has 0 aliphatic rings. The van der Waals surface area contributed by atoms with Crippen LogP contribution in [0.4, 0.5) is 0 Å². The minimum absolute atomic E-state index is 0.0900. The Balaban J connectivity index is 2.49. The third-order valence-electron chi connectivity index (χ3n) is 2.56. The van der Waals surface area contributed by atoms with E-state index in [1.807, 2.05) is 38.1 Å². The summed E-state index contributed by atoms with van der Waals surface area (Å²) in [5, 5.41) is 8.89. The molecule has 1 aromatic carbocycles. The van der Waals surface area contributed by atoms with Crippen molar-refractivity contribution >= 4 is 17.5 Å². The predicted molar refractivity (Wildman–Crippen MR) is 71.2 cm³/mol. The summed E-state index contributed by atoms with van der Waals surface area (Å²) in [5.41, 5.74) is 0.485. The van der Waals surface area contributed by atoms with E-state index in [9.17, 15) is 4.79 Å². The van der Waals surface area contributed by atoms with Gasteiger partial charge < -0.3 is 0 Å². The summed E-state index contributed by atoms with van der Waals surface area (Å²) in [4.78, 5) is 12.2. The number of thioether (sulfide) groups is 1. The maximum atomic E-state index is 11.1. The van der Waals surface area contributed by atoms with Gasteiger partial charge >= 0.3 is 0 Å². The van der Waals surface area contributed by atoms with Gasteiger partial charge in [-0.25, -0.2) is 0 Å². The Morgan fingerprint density at radius 1 is 1.35 bits per heavy atom. The van der Waals surface area contributed by atoms with E-state index in [-0.39, 0.29) is 11.2 Å². The lowest BCUT2D eigenvalue weighted by atomic mass is 9.93. The Hall–Kier alpha value is -1.27. The lowest BCUT2D eigenvalue weighted by molar-refractivity contribution is 0.101. The molecule has 0 saturated heterocycles. The van der Waals surface area contributed by atoms with E-state index >= 15 is 0 Å². The molecule has 0 amide bonds. The standard InChI is InChI=1S/C14H17NOS/c1-11(16)12-4-6-13(7-5-12)17-9-8-14(2,3)10-15/h4-7H,8-9H2,1-3H3. The first-order valence-corrected chi connectivity index (χ1v) is 6.58. The lowest BCUT2D eigenvalue weighted by Crippen LogP contribution is -2.08. The second-order valence-corrected chi connectivity index (χ2v) is 5.84. The highest BCUT2D eigenvalue weighted by Crippen LogP contribution is 2.26. The molecule has 0 atom stereocenters. The monoisotopic (exact) mass is 247 g/mol. The summed E-state index contributed by atoms with van der Waals surface area (Å²) in [6.45, 7) is 5.47. The first-order valence-electron chi connectivity index (χ1n) is 5.60. The molecule has 0 radical (unpaired) electrons. The molecule has 17 heavy (non-hydrogen) atoms. The van der Waals surface area contributed by atoms with Crippen LogP contribution in [0.3, 0.4) is 0 Å². The molecule has 2 nitrogen and oxygen atoms in total. The minimum atomic E-state index is -0.258. The van der Waals surface area contributed by atoms with Crippen LogP contribution in [0, 0.1) is 16.7 Å². The highest BCUT2D eigenvalue weighted by Gasteiger charge is 2.15. The summed E-state index contributed by atoms with van der Waals surface area (Å²) < 4.78 is 0. The van der Waals surface area contributed by atoms with Crippen molar-refractivity contribution in [3.8, 4) is 6.07 Å². The lowest BCUT2D eigenvalue weighted by Gasteiger charge is -2.13. The van der Waals surface area contributed by atoms with Crippen molar-refractivity contribution in [1.82, 2.24) is 0 Å². The minimum Gasteiger partial charge on any atom is -0.295 e. The van der Waals surface area contributed by atoms with E-state index in [1.54, 1.807) is 18.7 Å². The SMILES string of the molecule is CC(=O)c1ccc(SCCC(C)(C)C#N)cc1. The molecule has 0 N–H and O–H groups in total. The number of carbonyl (C=O) groups excluding carboxylic acids is 1. The van der Waals surface area contributed by atoms with Gasteiger partial charge in [0.05, 0.1) is 11.5 Å². The molecule has 3 heteroatoms. The third-order valence-corrected chi connectivity index (χ3v) is 3.57. The fourth-order valence-electron chi connectivity index (χ4n) is 1.27. The molecule has 0 aliphatic carbocycles. The number of nitrogens with zero attached hydrogens (tertiary/aromatic N) is 1. The molecule has 0 aliphatic heterocycles. The Morgan fingerprint density at radius 2 is 1.94 bits per heavy atom. The number of Topliss-reactive ketones (excluding diaryl/α,β-unsaturated/α-hetero) is 1. The van der Waals surface area contributed by atoms with Crippen LogP contribution in [0.25, 0.3) is 0 Å². The number of hydrogen-bond donors (Lipinski definition) is 0. The van der Waals surface area contributed by atoms with E-state index in [4.69, 9.17) is 5.26 Å². The van der Waals surface area contributed by atoms with E-state index in [0.717, 1.165) is 22.6 Å². The molecule has 0 saturated carbocycles. The zero-order valence-corrected chi connectivity index (χ0v) is 11.3. The van der Waals surface area contributed by atoms with Crippen molar-refractivity contribution in [1.29, 1.82) is 5.26 Å². The van der Waals surface area contributed by atoms with E-state index in [2.05, 4.69) is 6.07 Å². The molecule has 0 spiro atoms. The Kier molecular flexibility index (Phi) is 4.77. The zero-order chi connectivity index (χ0) is 12.9. The summed E-state index contributed by atoms with van der Waals surface area (Å²) in [6, 6.07) is 9.91. The smallest absolute Gasteiger partial charge is 0.159 e. The van der Waals surface area contributed by atoms with Crippen LogP contribution in [0.15, 0.2) is 29.2 Å². The van der Waals surface area contributed by atoms with Crippen LogP contribution in [0.5, 0.6) is 0 Å². The van der Waals surface area contributed by atoms with Gasteiger partial charge in [0, 0.05) is 10.5 Å². The fourth-order valence-corrected chi connectivity index (χ4v) is 2.44. The number of carbonyl (C=O) groups is 1. The van der Waals surface area contributed by atoms with Crippen LogP contribution in [0.1, 0.15) is 37.6 Å². The number of rotatable bonds is 5. The predicted octanol–water partition coefficient (Wildman–Crippen LogP) is 3.92. The van der Waals surface area contributed by atoms with Gasteiger partial charge in [-0.05, 0) is 45.1 Å². The van der Waals surface area contributed by atoms with Crippen molar-refractivity contribution in [2.75, 3.05) is 5.75 Å². The van der Waals surface area contributed by atoms with Gasteiger partial charge in [-0.2, -0.15) is 5.26 Å². The first kappa shape index (κ1) is 13.8. The van der Waals surface area contributed by atoms with Crippen LogP contribution in [-0.2, 0) is 0 Å². The largest absolute Gasteiger partial charge is 0.295 e. The van der Waals surface area contributed by atoms with Crippen molar-refractivity contribution in [3.63, 3.8) is 0 Å². The number of benzene rings is 1. The second-order valence-electron chi connectivity index (χ2n) is 4.67. The van der Waals surface area contributed by atoms with Crippen molar-refractivity contribution in [3.05, 3.63) is 29.8 Å². The average molecular weight is 247 g/mol. The quantitative estimate of drug-likeness (QED) is 0.585. The Labute approximate surface area is 107 Å². The summed E-state index contributed by atoms with van der Waals surface area (Å²) in [7, 11) is 0. The van der Waals surface area contributed by atoms with E-state index in [1.165, 1.54) is 0 Å². The molecule has 1 rings (SSSR count). The molecular formula is C14H17NOS. The molecule has 1 aromatic rings. The maximum absolute atomic E-state index is 11.1.